The maximum Gasteiger partial charge on any atom is 0.232 e. The Bertz CT molecular complexity index is 1340. The highest BCUT2D eigenvalue weighted by Crippen LogP contribution is 2.19. The number of rotatable bonds is 12. The first-order valence-electron chi connectivity index (χ1n) is 11.1. The van der Waals surface area contributed by atoms with Crippen molar-refractivity contribution in [2.75, 3.05) is 22.1 Å². The molecule has 0 aromatic carbocycles. The fraction of sp³-hybridized carbons (Fsp3) is 0.273. The van der Waals surface area contributed by atoms with Gasteiger partial charge in [-0.3, -0.25) is 19.6 Å². The van der Waals surface area contributed by atoms with Crippen molar-refractivity contribution < 1.29 is 18.0 Å². The molecule has 4 heterocycles. The average molecular weight is 559 g/mol. The Morgan fingerprint density at radius 1 is 0.703 bits per heavy atom. The van der Waals surface area contributed by atoms with Crippen LogP contribution in [-0.4, -0.2) is 62.1 Å². The van der Waals surface area contributed by atoms with Gasteiger partial charge in [0.1, 0.15) is 10.0 Å². The number of amides is 2. The highest BCUT2D eigenvalue weighted by atomic mass is 32.2. The van der Waals surface area contributed by atoms with Crippen molar-refractivity contribution in [3.05, 3.63) is 70.2 Å². The summed E-state index contributed by atoms with van der Waals surface area (Å²) in [6.07, 6.45) is 3.79. The number of aromatic nitrogens is 6. The van der Waals surface area contributed by atoms with Gasteiger partial charge in [-0.05, 0) is 24.3 Å². The fourth-order valence-electron chi connectivity index (χ4n) is 3.06. The molecule has 0 bridgehead atoms. The zero-order chi connectivity index (χ0) is 26.1. The molecular weight excluding hydrogens is 536 g/mol. The van der Waals surface area contributed by atoms with Gasteiger partial charge in [-0.1, -0.05) is 34.8 Å². The first-order chi connectivity index (χ1) is 17.8. The van der Waals surface area contributed by atoms with E-state index in [2.05, 4.69) is 41.0 Å². The van der Waals surface area contributed by atoms with E-state index >= 15 is 0 Å². The molecule has 0 unspecified atom stereocenters. The number of pyridine rings is 2. The smallest absolute Gasteiger partial charge is 0.232 e. The third-order valence-corrected chi connectivity index (χ3v) is 8.27. The second kappa shape index (κ2) is 12.5. The maximum absolute atomic E-state index is 12.5. The Balaban J connectivity index is 1.20. The summed E-state index contributed by atoms with van der Waals surface area (Å²) < 4.78 is 25.0. The lowest BCUT2D eigenvalue weighted by Gasteiger charge is -2.01. The minimum absolute atomic E-state index is 0.103. The van der Waals surface area contributed by atoms with Gasteiger partial charge in [-0.15, -0.1) is 20.4 Å². The summed E-state index contributed by atoms with van der Waals surface area (Å²) in [4.78, 5) is 32.5. The van der Waals surface area contributed by atoms with Gasteiger partial charge in [-0.2, -0.15) is 0 Å². The van der Waals surface area contributed by atoms with Gasteiger partial charge in [0, 0.05) is 36.6 Å². The molecule has 0 atom stereocenters. The highest BCUT2D eigenvalue weighted by Gasteiger charge is 2.17. The lowest BCUT2D eigenvalue weighted by atomic mass is 10.2. The first kappa shape index (κ1) is 26.4. The van der Waals surface area contributed by atoms with E-state index in [4.69, 9.17) is 0 Å². The molecule has 37 heavy (non-hydrogen) atoms. The van der Waals surface area contributed by atoms with Gasteiger partial charge in [0.05, 0.1) is 24.3 Å². The topological polar surface area (TPSA) is 170 Å². The lowest BCUT2D eigenvalue weighted by molar-refractivity contribution is -0.116. The van der Waals surface area contributed by atoms with Crippen LogP contribution < -0.4 is 10.6 Å². The summed E-state index contributed by atoms with van der Waals surface area (Å²) in [7, 11) is -3.40. The molecule has 0 aliphatic carbocycles. The van der Waals surface area contributed by atoms with Crippen LogP contribution in [0.15, 0.2) is 48.8 Å². The van der Waals surface area contributed by atoms with E-state index in [0.29, 0.717) is 31.7 Å². The van der Waals surface area contributed by atoms with Crippen LogP contribution in [0, 0.1) is 0 Å². The van der Waals surface area contributed by atoms with Gasteiger partial charge >= 0.3 is 0 Å². The normalized spacial score (nSPS) is 11.2. The molecule has 2 N–H and O–H groups in total. The zero-order valence-corrected chi connectivity index (χ0v) is 21.9. The second-order valence-corrected chi connectivity index (χ2v) is 12.2. The number of nitrogens with zero attached hydrogens (tertiary/aromatic N) is 6. The van der Waals surface area contributed by atoms with Crippen LogP contribution in [-0.2, 0) is 45.1 Å². The van der Waals surface area contributed by atoms with Crippen LogP contribution in [0.3, 0.4) is 0 Å². The summed E-state index contributed by atoms with van der Waals surface area (Å²) >= 11 is 2.26. The molecule has 15 heteroatoms. The molecule has 0 radical (unpaired) electrons. The minimum Gasteiger partial charge on any atom is -0.300 e. The number of hydrogen-bond acceptors (Lipinski definition) is 12. The fourth-order valence-corrected chi connectivity index (χ4v) is 6.04. The van der Waals surface area contributed by atoms with E-state index in [1.165, 1.54) is 0 Å². The predicted molar refractivity (Wildman–Crippen MR) is 139 cm³/mol. The molecule has 192 valence electrons. The van der Waals surface area contributed by atoms with E-state index in [1.807, 2.05) is 0 Å². The number of carbonyl (C=O) groups is 2. The number of nitrogens with one attached hydrogen (secondary N) is 2. The quantitative estimate of drug-likeness (QED) is 0.261. The molecule has 4 rings (SSSR count). The van der Waals surface area contributed by atoms with Gasteiger partial charge in [0.15, 0.2) is 9.84 Å². The Hall–Kier alpha value is -3.69. The van der Waals surface area contributed by atoms with Crippen LogP contribution in [0.1, 0.15) is 21.4 Å². The average Bonchev–Trinajstić information content (AvgIpc) is 3.52. The molecule has 4 aromatic rings. The summed E-state index contributed by atoms with van der Waals surface area (Å²) in [5.74, 6) is -0.789. The van der Waals surface area contributed by atoms with E-state index in [0.717, 1.165) is 22.7 Å². The van der Waals surface area contributed by atoms with E-state index in [-0.39, 0.29) is 49.0 Å². The minimum atomic E-state index is -3.40. The molecule has 2 amide bonds. The second-order valence-electron chi connectivity index (χ2n) is 7.75. The van der Waals surface area contributed by atoms with Gasteiger partial charge < -0.3 is 10.6 Å². The largest absolute Gasteiger partial charge is 0.300 e. The summed E-state index contributed by atoms with van der Waals surface area (Å²) in [5.41, 5.74) is 1.26. The Morgan fingerprint density at radius 3 is 1.57 bits per heavy atom. The van der Waals surface area contributed by atoms with Crippen LogP contribution in [0.4, 0.5) is 10.3 Å². The van der Waals surface area contributed by atoms with Gasteiger partial charge in [0.25, 0.3) is 0 Å². The van der Waals surface area contributed by atoms with Crippen molar-refractivity contribution in [3.8, 4) is 0 Å². The van der Waals surface area contributed by atoms with Crippen LogP contribution in [0.5, 0.6) is 0 Å². The van der Waals surface area contributed by atoms with E-state index in [9.17, 15) is 18.0 Å². The number of anilines is 2. The van der Waals surface area contributed by atoms with Crippen molar-refractivity contribution in [3.63, 3.8) is 0 Å². The molecular formula is C22H22N8O4S3. The van der Waals surface area contributed by atoms with E-state index < -0.39 is 9.84 Å². The SMILES string of the molecule is O=C(Cc1ccccn1)Nc1nnc(CCS(=O)(=O)CCc2nnc(NC(=O)Cc3ccccn3)s2)s1. The van der Waals surface area contributed by atoms with Crippen molar-refractivity contribution in [1.29, 1.82) is 0 Å². The number of carbonyl (C=O) groups excluding carboxylic acids is 2. The monoisotopic (exact) mass is 558 g/mol. The standard InChI is InChI=1S/C22H22N8O4S3/c31-17(13-15-5-1-3-9-23-15)25-21-29-27-19(35-21)7-11-37(33,34)12-8-20-28-30-22(36-20)26-18(32)14-16-6-2-4-10-24-16/h1-6,9-10H,7-8,11-14H2,(H,25,29,31)(H,26,30,32). The molecule has 12 nitrogen and oxygen atoms in total. The molecule has 0 spiro atoms. The first-order valence-corrected chi connectivity index (χ1v) is 14.5. The number of aryl methyl sites for hydroxylation is 2. The van der Waals surface area contributed by atoms with E-state index in [1.54, 1.807) is 48.8 Å². The number of sulfone groups is 1. The molecule has 0 saturated heterocycles. The number of hydrogen-bond donors (Lipinski definition) is 2. The van der Waals surface area contributed by atoms with Crippen molar-refractivity contribution in [1.82, 2.24) is 30.4 Å². The van der Waals surface area contributed by atoms with Crippen LogP contribution in [0.25, 0.3) is 0 Å². The summed E-state index contributed by atoms with van der Waals surface area (Å²) in [5, 5.41) is 22.7. The Morgan fingerprint density at radius 2 is 1.16 bits per heavy atom. The van der Waals surface area contributed by atoms with Crippen LogP contribution >= 0.6 is 22.7 Å². The van der Waals surface area contributed by atoms with Crippen molar-refractivity contribution >= 4 is 54.6 Å². The third-order valence-electron chi connectivity index (χ3n) is 4.82. The zero-order valence-electron chi connectivity index (χ0n) is 19.4. The summed E-state index contributed by atoms with van der Waals surface area (Å²) in [6, 6.07) is 10.6. The third kappa shape index (κ3) is 8.73. The molecule has 4 aromatic heterocycles. The molecule has 0 aliphatic heterocycles. The van der Waals surface area contributed by atoms with Gasteiger partial charge in [0.2, 0.25) is 22.1 Å². The van der Waals surface area contributed by atoms with Crippen molar-refractivity contribution in [2.24, 2.45) is 0 Å². The predicted octanol–water partition coefficient (Wildman–Crippen LogP) is 1.74. The Labute approximate surface area is 220 Å². The molecule has 0 fully saturated rings. The maximum atomic E-state index is 12.5. The highest BCUT2D eigenvalue weighted by molar-refractivity contribution is 7.91. The van der Waals surface area contributed by atoms with Crippen LogP contribution in [0.2, 0.25) is 0 Å². The van der Waals surface area contributed by atoms with Crippen molar-refractivity contribution in [2.45, 2.75) is 25.7 Å². The Kier molecular flexibility index (Phi) is 8.92. The summed E-state index contributed by atoms with van der Waals surface area (Å²) in [6.45, 7) is 0. The molecule has 0 aliphatic rings. The lowest BCUT2D eigenvalue weighted by Crippen LogP contribution is -2.15. The van der Waals surface area contributed by atoms with Gasteiger partial charge in [-0.25, -0.2) is 8.42 Å². The molecule has 0 saturated carbocycles.